The van der Waals surface area contributed by atoms with Gasteiger partial charge in [0.1, 0.15) is 0 Å². The van der Waals surface area contributed by atoms with E-state index in [0.717, 1.165) is 24.7 Å². The molecule has 2 nitrogen and oxygen atoms in total. The summed E-state index contributed by atoms with van der Waals surface area (Å²) >= 11 is 0. The van der Waals surface area contributed by atoms with E-state index in [2.05, 4.69) is 24.1 Å². The summed E-state index contributed by atoms with van der Waals surface area (Å²) in [6.45, 7) is 6.99. The van der Waals surface area contributed by atoms with Crippen LogP contribution in [-0.2, 0) is 0 Å². The molecule has 2 heteroatoms. The van der Waals surface area contributed by atoms with Crippen LogP contribution in [0.4, 0.5) is 0 Å². The van der Waals surface area contributed by atoms with E-state index in [1.54, 1.807) is 0 Å². The Labute approximate surface area is 114 Å². The molecule has 2 rings (SSSR count). The van der Waals surface area contributed by atoms with Crippen LogP contribution in [0.2, 0.25) is 0 Å². The van der Waals surface area contributed by atoms with Gasteiger partial charge in [0.05, 0.1) is 0 Å². The molecule has 0 aromatic rings. The molecule has 0 radical (unpaired) electrons. The Morgan fingerprint density at radius 3 is 2.28 bits per heavy atom. The third kappa shape index (κ3) is 3.71. The Kier molecular flexibility index (Phi) is 5.97. The molecule has 2 atom stereocenters. The van der Waals surface area contributed by atoms with Crippen molar-refractivity contribution in [2.45, 2.75) is 89.8 Å². The van der Waals surface area contributed by atoms with Gasteiger partial charge in [0.2, 0.25) is 0 Å². The molecule has 0 aromatic heterocycles. The summed E-state index contributed by atoms with van der Waals surface area (Å²) in [5, 5.41) is 3.67. The van der Waals surface area contributed by atoms with Crippen LogP contribution < -0.4 is 5.32 Å². The van der Waals surface area contributed by atoms with Gasteiger partial charge in [-0.25, -0.2) is 0 Å². The lowest BCUT2D eigenvalue weighted by Crippen LogP contribution is -2.49. The highest BCUT2D eigenvalue weighted by atomic mass is 15.2. The van der Waals surface area contributed by atoms with E-state index < -0.39 is 0 Å². The first-order chi connectivity index (χ1) is 8.85. The van der Waals surface area contributed by atoms with Gasteiger partial charge in [-0.15, -0.1) is 0 Å². The molecule has 2 saturated carbocycles. The largest absolute Gasteiger partial charge is 0.314 e. The van der Waals surface area contributed by atoms with Gasteiger partial charge in [-0.2, -0.15) is 0 Å². The molecule has 0 amide bonds. The number of rotatable bonds is 5. The van der Waals surface area contributed by atoms with Crippen molar-refractivity contribution >= 4 is 0 Å². The zero-order chi connectivity index (χ0) is 12.8. The zero-order valence-corrected chi connectivity index (χ0v) is 12.5. The highest BCUT2D eigenvalue weighted by Crippen LogP contribution is 2.30. The molecule has 2 unspecified atom stereocenters. The summed E-state index contributed by atoms with van der Waals surface area (Å²) in [5.74, 6) is 0. The Hall–Kier alpha value is -0.0800. The number of hydrogen-bond acceptors (Lipinski definition) is 2. The summed E-state index contributed by atoms with van der Waals surface area (Å²) in [7, 11) is 0. The smallest absolute Gasteiger partial charge is 0.0113 e. The molecule has 0 aliphatic heterocycles. The average molecular weight is 252 g/mol. The number of hydrogen-bond donors (Lipinski definition) is 1. The number of nitrogens with zero attached hydrogens (tertiary/aromatic N) is 1. The second-order valence-corrected chi connectivity index (χ2v) is 6.20. The Balaban J connectivity index is 1.89. The minimum atomic E-state index is 0.784. The number of nitrogens with one attached hydrogen (secondary N) is 1. The van der Waals surface area contributed by atoms with Crippen molar-refractivity contribution in [3.63, 3.8) is 0 Å². The molecular weight excluding hydrogens is 220 g/mol. The standard InChI is InChI=1S/C16H32N2/c1-3-17-14-9-8-12-16(13-14)18(4-2)15-10-6-5-7-11-15/h14-17H,3-13H2,1-2H3. The van der Waals surface area contributed by atoms with Crippen LogP contribution in [0, 0.1) is 0 Å². The third-order valence-electron chi connectivity index (χ3n) is 5.02. The topological polar surface area (TPSA) is 15.3 Å². The summed E-state index contributed by atoms with van der Waals surface area (Å²) in [4.78, 5) is 2.85. The summed E-state index contributed by atoms with van der Waals surface area (Å²) < 4.78 is 0. The molecule has 1 N–H and O–H groups in total. The van der Waals surface area contributed by atoms with Gasteiger partial charge < -0.3 is 5.32 Å². The quantitative estimate of drug-likeness (QED) is 0.805. The highest BCUT2D eigenvalue weighted by molar-refractivity contribution is 4.87. The Morgan fingerprint density at radius 1 is 0.889 bits per heavy atom. The normalized spacial score (nSPS) is 30.8. The lowest BCUT2D eigenvalue weighted by atomic mass is 9.86. The molecule has 106 valence electrons. The van der Waals surface area contributed by atoms with Crippen LogP contribution in [0.25, 0.3) is 0 Å². The van der Waals surface area contributed by atoms with Crippen molar-refractivity contribution in [2.75, 3.05) is 13.1 Å². The van der Waals surface area contributed by atoms with Gasteiger partial charge in [-0.1, -0.05) is 39.5 Å². The van der Waals surface area contributed by atoms with Gasteiger partial charge in [0.15, 0.2) is 0 Å². The van der Waals surface area contributed by atoms with E-state index in [9.17, 15) is 0 Å². The Morgan fingerprint density at radius 2 is 1.61 bits per heavy atom. The first-order valence-electron chi connectivity index (χ1n) is 8.34. The van der Waals surface area contributed by atoms with Crippen molar-refractivity contribution < 1.29 is 0 Å². The molecule has 0 saturated heterocycles. The molecule has 2 aliphatic rings. The lowest BCUT2D eigenvalue weighted by molar-refractivity contribution is 0.0779. The van der Waals surface area contributed by atoms with E-state index in [-0.39, 0.29) is 0 Å². The van der Waals surface area contributed by atoms with Crippen molar-refractivity contribution in [3.8, 4) is 0 Å². The van der Waals surface area contributed by atoms with Gasteiger partial charge >= 0.3 is 0 Å². The van der Waals surface area contributed by atoms with E-state index in [4.69, 9.17) is 0 Å². The minimum absolute atomic E-state index is 0.784. The van der Waals surface area contributed by atoms with Crippen molar-refractivity contribution in [1.29, 1.82) is 0 Å². The predicted molar refractivity (Wildman–Crippen MR) is 79.0 cm³/mol. The maximum absolute atomic E-state index is 3.67. The van der Waals surface area contributed by atoms with Gasteiger partial charge in [-0.3, -0.25) is 4.90 Å². The van der Waals surface area contributed by atoms with Crippen LogP contribution >= 0.6 is 0 Å². The first-order valence-corrected chi connectivity index (χ1v) is 8.34. The fourth-order valence-corrected chi connectivity index (χ4v) is 4.17. The Bertz CT molecular complexity index is 221. The fourth-order valence-electron chi connectivity index (χ4n) is 4.17. The third-order valence-corrected chi connectivity index (χ3v) is 5.02. The van der Waals surface area contributed by atoms with Crippen LogP contribution in [0.15, 0.2) is 0 Å². The molecule has 0 aromatic carbocycles. The van der Waals surface area contributed by atoms with Gasteiger partial charge in [-0.05, 0) is 45.2 Å². The van der Waals surface area contributed by atoms with Crippen molar-refractivity contribution in [1.82, 2.24) is 10.2 Å². The summed E-state index contributed by atoms with van der Waals surface area (Å²) in [6.07, 6.45) is 12.9. The molecule has 0 spiro atoms. The van der Waals surface area contributed by atoms with E-state index in [0.29, 0.717) is 0 Å². The van der Waals surface area contributed by atoms with E-state index in [1.165, 1.54) is 64.3 Å². The zero-order valence-electron chi connectivity index (χ0n) is 12.5. The minimum Gasteiger partial charge on any atom is -0.314 e. The van der Waals surface area contributed by atoms with Gasteiger partial charge in [0.25, 0.3) is 0 Å². The van der Waals surface area contributed by atoms with Crippen molar-refractivity contribution in [2.24, 2.45) is 0 Å². The first kappa shape index (κ1) is 14.3. The second kappa shape index (κ2) is 7.49. The van der Waals surface area contributed by atoms with Crippen LogP contribution in [0.5, 0.6) is 0 Å². The highest BCUT2D eigenvalue weighted by Gasteiger charge is 2.30. The SMILES string of the molecule is CCNC1CCCC(N(CC)C2CCCCC2)C1. The van der Waals surface area contributed by atoms with E-state index in [1.807, 2.05) is 0 Å². The summed E-state index contributed by atoms with van der Waals surface area (Å²) in [6, 6.07) is 2.54. The molecule has 0 bridgehead atoms. The second-order valence-electron chi connectivity index (χ2n) is 6.20. The lowest BCUT2D eigenvalue weighted by Gasteiger charge is -2.43. The molecule has 2 fully saturated rings. The molecule has 18 heavy (non-hydrogen) atoms. The average Bonchev–Trinajstić information content (AvgIpc) is 2.42. The maximum atomic E-state index is 3.67. The fraction of sp³-hybridized carbons (Fsp3) is 1.00. The van der Waals surface area contributed by atoms with Crippen LogP contribution in [-0.4, -0.2) is 36.1 Å². The van der Waals surface area contributed by atoms with E-state index >= 15 is 0 Å². The molecular formula is C16H32N2. The van der Waals surface area contributed by atoms with Crippen LogP contribution in [0.3, 0.4) is 0 Å². The molecule has 0 heterocycles. The maximum Gasteiger partial charge on any atom is 0.0113 e. The predicted octanol–water partition coefficient (Wildman–Crippen LogP) is 3.56. The van der Waals surface area contributed by atoms with Crippen molar-refractivity contribution in [3.05, 3.63) is 0 Å². The molecule has 2 aliphatic carbocycles. The van der Waals surface area contributed by atoms with Gasteiger partial charge in [0, 0.05) is 18.1 Å². The van der Waals surface area contributed by atoms with Crippen LogP contribution in [0.1, 0.15) is 71.6 Å². The summed E-state index contributed by atoms with van der Waals surface area (Å²) in [5.41, 5.74) is 0. The monoisotopic (exact) mass is 252 g/mol.